The molecule has 1 fully saturated rings. The van der Waals surface area contributed by atoms with Crippen LogP contribution in [-0.2, 0) is 23.4 Å². The Balaban J connectivity index is 1.86. The molecule has 24 heavy (non-hydrogen) atoms. The van der Waals surface area contributed by atoms with Crippen LogP contribution in [0.2, 0.25) is 0 Å². The molecule has 1 aromatic rings. The molecule has 1 saturated heterocycles. The molecule has 0 spiro atoms. The van der Waals surface area contributed by atoms with Gasteiger partial charge < -0.3 is 25.8 Å². The summed E-state index contributed by atoms with van der Waals surface area (Å²) in [6.45, 7) is -0.383. The highest BCUT2D eigenvalue weighted by Crippen LogP contribution is 2.37. The van der Waals surface area contributed by atoms with Crippen LogP contribution in [0.1, 0.15) is 12.6 Å². The lowest BCUT2D eigenvalue weighted by atomic mass is 10.4. The number of aromatic nitrogens is 2. The molecule has 134 valence electrons. The van der Waals surface area contributed by atoms with Gasteiger partial charge in [-0.3, -0.25) is 19.0 Å². The number of carbonyl (C=O) groups is 1. The van der Waals surface area contributed by atoms with Crippen molar-refractivity contribution in [1.29, 1.82) is 0 Å². The Labute approximate surface area is 136 Å². The van der Waals surface area contributed by atoms with Gasteiger partial charge in [0.1, 0.15) is 12.4 Å². The normalized spacial score (nSPS) is 22.9. The number of nitrogen functional groups attached to an aromatic ring is 1. The highest BCUT2D eigenvalue weighted by atomic mass is 31.2. The van der Waals surface area contributed by atoms with Gasteiger partial charge in [0, 0.05) is 19.2 Å². The van der Waals surface area contributed by atoms with Crippen LogP contribution in [0.25, 0.3) is 0 Å². The van der Waals surface area contributed by atoms with Crippen LogP contribution in [0.15, 0.2) is 17.1 Å². The number of amides is 1. The zero-order valence-corrected chi connectivity index (χ0v) is 13.4. The predicted octanol–water partition coefficient (Wildman–Crippen LogP) is -1.72. The Bertz CT molecular complexity index is 696. The van der Waals surface area contributed by atoms with Gasteiger partial charge in [-0.1, -0.05) is 0 Å². The van der Waals surface area contributed by atoms with Crippen molar-refractivity contribution < 1.29 is 28.3 Å². The van der Waals surface area contributed by atoms with Crippen LogP contribution in [0.4, 0.5) is 5.82 Å². The summed E-state index contributed by atoms with van der Waals surface area (Å²) < 4.78 is 28.2. The van der Waals surface area contributed by atoms with E-state index in [0.29, 0.717) is 0 Å². The minimum Gasteiger partial charge on any atom is -0.383 e. The summed E-state index contributed by atoms with van der Waals surface area (Å²) in [6.07, 6.45) is -0.485. The summed E-state index contributed by atoms with van der Waals surface area (Å²) in [6, 6.07) is 1.42. The number of hydrogen-bond acceptors (Lipinski definition) is 9. The van der Waals surface area contributed by atoms with Crippen LogP contribution in [0.5, 0.6) is 0 Å². The molecule has 2 rings (SSSR count). The molecule has 1 aliphatic rings. The molecular formula is C11H18N5O7P. The number of hydrogen-bond donors (Lipinski definition) is 4. The van der Waals surface area contributed by atoms with E-state index in [0.717, 1.165) is 4.57 Å². The van der Waals surface area contributed by atoms with Gasteiger partial charge in [0.25, 0.3) is 0 Å². The van der Waals surface area contributed by atoms with Gasteiger partial charge in [-0.25, -0.2) is 9.36 Å². The molecule has 1 unspecified atom stereocenters. The summed E-state index contributed by atoms with van der Waals surface area (Å²) in [5, 5.41) is 1.82. The summed E-state index contributed by atoms with van der Waals surface area (Å²) in [5.41, 5.74) is 9.93. The van der Waals surface area contributed by atoms with Crippen molar-refractivity contribution in [2.75, 3.05) is 25.5 Å². The second-order valence-corrected chi connectivity index (χ2v) is 6.31. The van der Waals surface area contributed by atoms with E-state index in [1.54, 1.807) is 0 Å². The van der Waals surface area contributed by atoms with E-state index in [9.17, 15) is 19.0 Å². The molecule has 0 aromatic carbocycles. The Morgan fingerprint density at radius 2 is 2.38 bits per heavy atom. The molecule has 13 heteroatoms. The lowest BCUT2D eigenvalue weighted by molar-refractivity contribution is -0.120. The highest BCUT2D eigenvalue weighted by Gasteiger charge is 2.31. The fraction of sp³-hybridized carbons (Fsp3) is 0.545. The first kappa shape index (κ1) is 18.5. The van der Waals surface area contributed by atoms with Crippen molar-refractivity contribution in [2.45, 2.75) is 18.9 Å². The van der Waals surface area contributed by atoms with E-state index in [4.69, 9.17) is 25.5 Å². The van der Waals surface area contributed by atoms with Crippen molar-refractivity contribution in [3.8, 4) is 0 Å². The molecule has 12 nitrogen and oxygen atoms in total. The molecule has 0 bridgehead atoms. The minimum atomic E-state index is -4.35. The molecule has 1 aromatic heterocycles. The standard InChI is InChI=1S/C11H18N5O7P/c12-3-1-8(17)15-24(19,20)22-6-10-21-5-9(23-10)16-4-2-7(13)14-11(16)18/h2,4,9-10H,1,3,5-6,12H2,(H2,13,14,18)(H2,15,17,19,20)/t9-,10-/m0/s1. The first-order valence-corrected chi connectivity index (χ1v) is 8.49. The fourth-order valence-corrected chi connectivity index (χ4v) is 2.68. The molecule has 0 saturated carbocycles. The maximum Gasteiger partial charge on any atom is 0.432 e. The van der Waals surface area contributed by atoms with Crippen molar-refractivity contribution >= 4 is 19.5 Å². The van der Waals surface area contributed by atoms with E-state index in [-0.39, 0.29) is 25.4 Å². The number of carbonyl (C=O) groups excluding carboxylic acids is 1. The second kappa shape index (κ2) is 7.83. The number of nitrogens with zero attached hydrogens (tertiary/aromatic N) is 2. The van der Waals surface area contributed by atoms with E-state index < -0.39 is 38.5 Å². The van der Waals surface area contributed by atoms with E-state index in [1.807, 2.05) is 5.09 Å². The van der Waals surface area contributed by atoms with Crippen LogP contribution in [0.3, 0.4) is 0 Å². The largest absolute Gasteiger partial charge is 0.432 e. The quantitative estimate of drug-likeness (QED) is 0.407. The monoisotopic (exact) mass is 363 g/mol. The van der Waals surface area contributed by atoms with Crippen molar-refractivity contribution in [3.63, 3.8) is 0 Å². The highest BCUT2D eigenvalue weighted by molar-refractivity contribution is 7.51. The molecule has 6 N–H and O–H groups in total. The smallest absolute Gasteiger partial charge is 0.383 e. The predicted molar refractivity (Wildman–Crippen MR) is 80.4 cm³/mol. The van der Waals surface area contributed by atoms with Gasteiger partial charge >= 0.3 is 13.4 Å². The van der Waals surface area contributed by atoms with Crippen molar-refractivity contribution in [1.82, 2.24) is 14.6 Å². The van der Waals surface area contributed by atoms with Crippen LogP contribution >= 0.6 is 7.75 Å². The van der Waals surface area contributed by atoms with E-state index >= 15 is 0 Å². The average molecular weight is 363 g/mol. The third-order valence-electron chi connectivity index (χ3n) is 2.92. The number of nitrogens with two attached hydrogens (primary N) is 2. The Hall–Kier alpha value is -1.82. The zero-order valence-electron chi connectivity index (χ0n) is 12.5. The summed E-state index contributed by atoms with van der Waals surface area (Å²) in [5.74, 6) is -0.640. The minimum absolute atomic E-state index is 0.00872. The molecular weight excluding hydrogens is 345 g/mol. The fourth-order valence-electron chi connectivity index (χ4n) is 1.86. The van der Waals surface area contributed by atoms with Gasteiger partial charge in [-0.2, -0.15) is 4.98 Å². The van der Waals surface area contributed by atoms with Crippen LogP contribution in [-0.4, -0.2) is 46.4 Å². The second-order valence-electron chi connectivity index (χ2n) is 4.79. The lowest BCUT2D eigenvalue weighted by Crippen LogP contribution is -2.29. The molecule has 2 heterocycles. The zero-order chi connectivity index (χ0) is 17.7. The van der Waals surface area contributed by atoms with Gasteiger partial charge in [-0.05, 0) is 6.07 Å². The third-order valence-corrected chi connectivity index (χ3v) is 3.95. The van der Waals surface area contributed by atoms with Crippen molar-refractivity contribution in [3.05, 3.63) is 22.7 Å². The van der Waals surface area contributed by atoms with E-state index in [2.05, 4.69) is 4.98 Å². The average Bonchev–Trinajstić information content (AvgIpc) is 2.93. The van der Waals surface area contributed by atoms with Crippen LogP contribution in [0, 0.1) is 0 Å². The summed E-state index contributed by atoms with van der Waals surface area (Å²) in [4.78, 5) is 36.0. The van der Waals surface area contributed by atoms with Crippen molar-refractivity contribution in [2.24, 2.45) is 5.73 Å². The third kappa shape index (κ3) is 5.09. The molecule has 3 atom stereocenters. The number of anilines is 1. The van der Waals surface area contributed by atoms with Gasteiger partial charge in [-0.15, -0.1) is 0 Å². The number of ether oxygens (including phenoxy) is 2. The maximum absolute atomic E-state index is 11.7. The summed E-state index contributed by atoms with van der Waals surface area (Å²) in [7, 11) is -4.35. The topological polar surface area (TPSA) is 181 Å². The lowest BCUT2D eigenvalue weighted by Gasteiger charge is -2.16. The van der Waals surface area contributed by atoms with Crippen LogP contribution < -0.4 is 22.2 Å². The first-order chi connectivity index (χ1) is 11.3. The SMILES string of the molecule is NCCC(=O)NP(=O)(O)OC[C@H]1OC[C@@H](n2ccc(N)nc2=O)O1. The van der Waals surface area contributed by atoms with Gasteiger partial charge in [0.15, 0.2) is 12.5 Å². The Kier molecular flexibility index (Phi) is 6.04. The molecule has 1 amide bonds. The van der Waals surface area contributed by atoms with Gasteiger partial charge in [0.2, 0.25) is 5.91 Å². The first-order valence-electron chi connectivity index (χ1n) is 6.91. The van der Waals surface area contributed by atoms with E-state index in [1.165, 1.54) is 12.3 Å². The number of nitrogens with one attached hydrogen (secondary N) is 1. The Morgan fingerprint density at radius 1 is 1.62 bits per heavy atom. The molecule has 0 aliphatic carbocycles. The number of rotatable bonds is 7. The summed E-state index contributed by atoms with van der Waals surface area (Å²) >= 11 is 0. The molecule has 1 aliphatic heterocycles. The van der Waals surface area contributed by atoms with Gasteiger partial charge in [0.05, 0.1) is 6.61 Å². The molecule has 0 radical (unpaired) electrons. The Morgan fingerprint density at radius 3 is 3.04 bits per heavy atom. The maximum atomic E-state index is 11.7.